The maximum atomic E-state index is 6.52. The van der Waals surface area contributed by atoms with E-state index < -0.39 is 0 Å². The molecule has 0 unspecified atom stereocenters. The second-order valence-corrected chi connectivity index (χ2v) is 7.65. The van der Waals surface area contributed by atoms with Crippen LogP contribution >= 0.6 is 23.2 Å². The second-order valence-electron chi connectivity index (χ2n) is 6.80. The van der Waals surface area contributed by atoms with Crippen molar-refractivity contribution in [2.75, 3.05) is 25.2 Å². The highest BCUT2D eigenvalue weighted by molar-refractivity contribution is 6.37. The van der Waals surface area contributed by atoms with E-state index in [2.05, 4.69) is 22.1 Å². The molecule has 1 aliphatic heterocycles. The van der Waals surface area contributed by atoms with Crippen molar-refractivity contribution in [2.24, 2.45) is 0 Å². The second kappa shape index (κ2) is 7.26. The molecule has 142 valence electrons. The first-order chi connectivity index (χ1) is 13.0. The Labute approximate surface area is 168 Å². The summed E-state index contributed by atoms with van der Waals surface area (Å²) in [5.74, 6) is 0.784. The fourth-order valence-corrected chi connectivity index (χ4v) is 4.36. The molecule has 4 rings (SSSR count). The van der Waals surface area contributed by atoms with Crippen molar-refractivity contribution in [1.82, 2.24) is 20.0 Å². The van der Waals surface area contributed by atoms with Crippen LogP contribution in [0.2, 0.25) is 10.0 Å². The molecule has 6 nitrogen and oxygen atoms in total. The molecule has 0 saturated carbocycles. The third kappa shape index (κ3) is 3.16. The number of hydrogen-bond acceptors (Lipinski definition) is 5. The summed E-state index contributed by atoms with van der Waals surface area (Å²) < 4.78 is 7.30. The quantitative estimate of drug-likeness (QED) is 0.613. The fraction of sp³-hybridized carbons (Fsp3) is 0.421. The van der Waals surface area contributed by atoms with Gasteiger partial charge < -0.3 is 9.64 Å². The Morgan fingerprint density at radius 3 is 2.81 bits per heavy atom. The topological polar surface area (TPSA) is 56.1 Å². The van der Waals surface area contributed by atoms with Gasteiger partial charge in [0.25, 0.3) is 0 Å². The SMILES string of the molecule is CC[C@H](COC)n1nnc2c(N3CCc4cc(Cl)cc(Cl)c43)nc(C)cc21. The largest absolute Gasteiger partial charge is 0.382 e. The van der Waals surface area contributed by atoms with Gasteiger partial charge in [0.1, 0.15) is 0 Å². The first-order valence-corrected chi connectivity index (χ1v) is 9.76. The van der Waals surface area contributed by atoms with E-state index in [0.29, 0.717) is 16.7 Å². The Balaban J connectivity index is 1.87. The summed E-state index contributed by atoms with van der Waals surface area (Å²) in [6, 6.07) is 5.90. The van der Waals surface area contributed by atoms with Crippen LogP contribution in [0.25, 0.3) is 11.0 Å². The molecule has 3 aromatic rings. The molecular formula is C19H21Cl2N5O. The zero-order chi connectivity index (χ0) is 19.1. The third-order valence-corrected chi connectivity index (χ3v) is 5.49. The molecule has 0 amide bonds. The van der Waals surface area contributed by atoms with Crippen molar-refractivity contribution in [3.63, 3.8) is 0 Å². The van der Waals surface area contributed by atoms with Crippen LogP contribution < -0.4 is 4.90 Å². The molecule has 1 aromatic carbocycles. The van der Waals surface area contributed by atoms with Crippen LogP contribution in [-0.4, -0.2) is 40.2 Å². The number of aryl methyl sites for hydroxylation is 1. The van der Waals surface area contributed by atoms with Crippen LogP contribution in [0.1, 0.15) is 30.6 Å². The summed E-state index contributed by atoms with van der Waals surface area (Å²) in [7, 11) is 1.70. The van der Waals surface area contributed by atoms with Crippen molar-refractivity contribution in [3.05, 3.63) is 39.5 Å². The lowest BCUT2D eigenvalue weighted by Crippen LogP contribution is -2.17. The molecule has 2 aromatic heterocycles. The van der Waals surface area contributed by atoms with Gasteiger partial charge >= 0.3 is 0 Å². The molecule has 27 heavy (non-hydrogen) atoms. The Morgan fingerprint density at radius 2 is 2.07 bits per heavy atom. The Morgan fingerprint density at radius 1 is 1.26 bits per heavy atom. The van der Waals surface area contributed by atoms with Crippen molar-refractivity contribution in [3.8, 4) is 0 Å². The first kappa shape index (κ1) is 18.5. The third-order valence-electron chi connectivity index (χ3n) is 4.98. The molecule has 0 aliphatic carbocycles. The maximum Gasteiger partial charge on any atom is 0.163 e. The fourth-order valence-electron chi connectivity index (χ4n) is 3.72. The summed E-state index contributed by atoms with van der Waals surface area (Å²) in [6.07, 6.45) is 1.77. The highest BCUT2D eigenvalue weighted by atomic mass is 35.5. The highest BCUT2D eigenvalue weighted by Crippen LogP contribution is 2.42. The zero-order valence-electron chi connectivity index (χ0n) is 15.5. The minimum atomic E-state index is 0.128. The number of fused-ring (bicyclic) bond motifs is 2. The number of pyridine rings is 1. The van der Waals surface area contributed by atoms with Crippen LogP contribution in [-0.2, 0) is 11.2 Å². The lowest BCUT2D eigenvalue weighted by atomic mass is 10.2. The number of benzene rings is 1. The number of rotatable bonds is 5. The van der Waals surface area contributed by atoms with Crippen LogP contribution in [0.3, 0.4) is 0 Å². The summed E-state index contributed by atoms with van der Waals surface area (Å²) in [4.78, 5) is 6.90. The smallest absolute Gasteiger partial charge is 0.163 e. The van der Waals surface area contributed by atoms with Crippen molar-refractivity contribution >= 4 is 45.7 Å². The van der Waals surface area contributed by atoms with Gasteiger partial charge in [-0.2, -0.15) is 0 Å². The van der Waals surface area contributed by atoms with E-state index in [1.807, 2.05) is 23.7 Å². The maximum absolute atomic E-state index is 6.52. The molecule has 3 heterocycles. The number of ether oxygens (including phenoxy) is 1. The Hall–Kier alpha value is -1.89. The number of methoxy groups -OCH3 is 1. The van der Waals surface area contributed by atoms with Gasteiger partial charge in [0.15, 0.2) is 11.3 Å². The van der Waals surface area contributed by atoms with E-state index in [0.717, 1.165) is 53.2 Å². The Bertz CT molecular complexity index is 1000. The number of aromatic nitrogens is 4. The number of anilines is 2. The van der Waals surface area contributed by atoms with Crippen molar-refractivity contribution in [1.29, 1.82) is 0 Å². The summed E-state index contributed by atoms with van der Waals surface area (Å²) in [5, 5.41) is 10.2. The predicted octanol–water partition coefficient (Wildman–Crippen LogP) is 4.73. The molecule has 8 heteroatoms. The first-order valence-electron chi connectivity index (χ1n) is 9.00. The van der Waals surface area contributed by atoms with E-state index in [1.165, 1.54) is 0 Å². The van der Waals surface area contributed by atoms with E-state index >= 15 is 0 Å². The molecule has 0 bridgehead atoms. The summed E-state index contributed by atoms with van der Waals surface area (Å²) >= 11 is 12.7. The molecule has 0 fully saturated rings. The van der Waals surface area contributed by atoms with Crippen LogP contribution in [0.4, 0.5) is 11.5 Å². The van der Waals surface area contributed by atoms with E-state index in [1.54, 1.807) is 13.2 Å². The lowest BCUT2D eigenvalue weighted by molar-refractivity contribution is 0.148. The van der Waals surface area contributed by atoms with Gasteiger partial charge in [0, 0.05) is 24.4 Å². The molecule has 0 saturated heterocycles. The molecule has 1 atom stereocenters. The Kier molecular flexibility index (Phi) is 4.97. The van der Waals surface area contributed by atoms with Gasteiger partial charge in [-0.15, -0.1) is 5.10 Å². The average molecular weight is 406 g/mol. The minimum Gasteiger partial charge on any atom is -0.382 e. The number of hydrogen-bond donors (Lipinski definition) is 0. The van der Waals surface area contributed by atoms with Gasteiger partial charge in [0.05, 0.1) is 28.9 Å². The van der Waals surface area contributed by atoms with Crippen molar-refractivity contribution < 1.29 is 4.74 Å². The summed E-state index contributed by atoms with van der Waals surface area (Å²) in [5.41, 5.74) is 4.72. The minimum absolute atomic E-state index is 0.128. The van der Waals surface area contributed by atoms with Gasteiger partial charge in [-0.05, 0) is 43.5 Å². The highest BCUT2D eigenvalue weighted by Gasteiger charge is 2.28. The molecule has 0 radical (unpaired) electrons. The molecule has 0 N–H and O–H groups in total. The van der Waals surface area contributed by atoms with E-state index in [4.69, 9.17) is 32.9 Å². The van der Waals surface area contributed by atoms with Crippen LogP contribution in [0.5, 0.6) is 0 Å². The van der Waals surface area contributed by atoms with Gasteiger partial charge in [-0.1, -0.05) is 35.3 Å². The lowest BCUT2D eigenvalue weighted by Gasteiger charge is -2.21. The van der Waals surface area contributed by atoms with E-state index in [-0.39, 0.29) is 6.04 Å². The number of halogens is 2. The summed E-state index contributed by atoms with van der Waals surface area (Å²) in [6.45, 7) is 5.47. The number of nitrogens with zero attached hydrogens (tertiary/aromatic N) is 5. The van der Waals surface area contributed by atoms with E-state index in [9.17, 15) is 0 Å². The molecular weight excluding hydrogens is 385 g/mol. The van der Waals surface area contributed by atoms with Crippen molar-refractivity contribution in [2.45, 2.75) is 32.7 Å². The van der Waals surface area contributed by atoms with Crippen LogP contribution in [0.15, 0.2) is 18.2 Å². The molecule has 1 aliphatic rings. The molecule has 0 spiro atoms. The standard InChI is InChI=1S/C19H21Cl2N5O/c1-4-14(10-27-3)26-16-7-11(2)22-19(17(16)23-24-26)25-6-5-12-8-13(20)9-15(21)18(12)25/h7-9,14H,4-6,10H2,1-3H3/t14-/m1/s1. The average Bonchev–Trinajstić information content (AvgIpc) is 3.23. The predicted molar refractivity (Wildman–Crippen MR) is 108 cm³/mol. The van der Waals surface area contributed by atoms with Gasteiger partial charge in [0.2, 0.25) is 0 Å². The monoisotopic (exact) mass is 405 g/mol. The van der Waals surface area contributed by atoms with Crippen LogP contribution in [0, 0.1) is 6.92 Å². The normalized spacial score (nSPS) is 14.8. The van der Waals surface area contributed by atoms with Gasteiger partial charge in [-0.25, -0.2) is 9.67 Å². The zero-order valence-corrected chi connectivity index (χ0v) is 17.0. The van der Waals surface area contributed by atoms with Gasteiger partial charge in [-0.3, -0.25) is 0 Å².